The van der Waals surface area contributed by atoms with Gasteiger partial charge in [-0.2, -0.15) is 0 Å². The van der Waals surface area contributed by atoms with Gasteiger partial charge in [-0.3, -0.25) is 0 Å². The highest BCUT2D eigenvalue weighted by molar-refractivity contribution is 6.16. The molecule has 42 heavy (non-hydrogen) atoms. The van der Waals surface area contributed by atoms with Gasteiger partial charge in [-0.25, -0.2) is 0 Å². The second-order valence-corrected chi connectivity index (χ2v) is 10.8. The molecule has 0 amide bonds. The molecule has 0 bridgehead atoms. The molecule has 0 spiro atoms. The third kappa shape index (κ3) is 3.66. The number of hydrogen-bond acceptors (Lipinski definition) is 2. The van der Waals surface area contributed by atoms with Crippen LogP contribution in [-0.4, -0.2) is 10.2 Å². The molecule has 0 radical (unpaired) electrons. The average molecular weight is 539 g/mol. The van der Waals surface area contributed by atoms with E-state index < -0.39 is 0 Å². The van der Waals surface area contributed by atoms with E-state index in [1.807, 2.05) is 72.8 Å². The molecule has 198 valence electrons. The van der Waals surface area contributed by atoms with Gasteiger partial charge >= 0.3 is 0 Å². The van der Waals surface area contributed by atoms with Gasteiger partial charge in [0.05, 0.1) is 0 Å². The minimum absolute atomic E-state index is 0.153. The van der Waals surface area contributed by atoms with Gasteiger partial charge in [0.2, 0.25) is 0 Å². The van der Waals surface area contributed by atoms with Crippen LogP contribution in [0.15, 0.2) is 146 Å². The lowest BCUT2D eigenvalue weighted by Crippen LogP contribution is -1.93. The number of rotatable bonds is 3. The van der Waals surface area contributed by atoms with Crippen molar-refractivity contribution in [2.45, 2.75) is 0 Å². The topological polar surface area (TPSA) is 40.5 Å². The largest absolute Gasteiger partial charge is 0.507 e. The highest BCUT2D eigenvalue weighted by Crippen LogP contribution is 2.52. The van der Waals surface area contributed by atoms with Gasteiger partial charge in [-0.15, -0.1) is 0 Å². The van der Waals surface area contributed by atoms with Gasteiger partial charge in [0.1, 0.15) is 11.5 Å². The second-order valence-electron chi connectivity index (χ2n) is 10.8. The van der Waals surface area contributed by atoms with Crippen LogP contribution in [0.25, 0.3) is 76.5 Å². The van der Waals surface area contributed by atoms with Crippen LogP contribution in [0, 0.1) is 0 Å². The summed E-state index contributed by atoms with van der Waals surface area (Å²) in [7, 11) is 0. The van der Waals surface area contributed by atoms with Crippen molar-refractivity contribution >= 4 is 43.1 Å². The van der Waals surface area contributed by atoms with Crippen molar-refractivity contribution in [2.75, 3.05) is 0 Å². The second kappa shape index (κ2) is 9.50. The van der Waals surface area contributed by atoms with Crippen molar-refractivity contribution < 1.29 is 10.2 Å². The first-order valence-electron chi connectivity index (χ1n) is 14.1. The standard InChI is InChI=1S/C40H26O2/c41-39-35(33-21-9-15-25-11-1-5-17-29(25)33)23-27-13-3-7-19-31(27)37(39)38-32-20-8-4-14-28(32)24-36(40(38)42)34-22-10-16-26-12-2-6-18-30(26)34/h1-24,41-42H. The zero-order valence-electron chi connectivity index (χ0n) is 22.8. The fraction of sp³-hybridized carbons (Fsp3) is 0. The van der Waals surface area contributed by atoms with E-state index in [-0.39, 0.29) is 11.5 Å². The zero-order chi connectivity index (χ0) is 28.2. The molecule has 2 N–H and O–H groups in total. The van der Waals surface area contributed by atoms with Gasteiger partial charge in [0.25, 0.3) is 0 Å². The Labute approximate surface area is 243 Å². The molecule has 8 aromatic carbocycles. The normalized spacial score (nSPS) is 11.5. The summed E-state index contributed by atoms with van der Waals surface area (Å²) in [6.07, 6.45) is 0. The lowest BCUT2D eigenvalue weighted by atomic mass is 9.85. The van der Waals surface area contributed by atoms with Crippen LogP contribution in [0.2, 0.25) is 0 Å². The van der Waals surface area contributed by atoms with E-state index in [9.17, 15) is 10.2 Å². The van der Waals surface area contributed by atoms with Crippen LogP contribution in [0.4, 0.5) is 0 Å². The molecule has 0 aliphatic heterocycles. The smallest absolute Gasteiger partial charge is 0.132 e. The third-order valence-electron chi connectivity index (χ3n) is 8.45. The Balaban J connectivity index is 1.52. The Bertz CT molecular complexity index is 2150. The third-order valence-corrected chi connectivity index (χ3v) is 8.45. The predicted octanol–water partition coefficient (Wildman–Crippen LogP) is 10.7. The molecule has 0 unspecified atom stereocenters. The SMILES string of the molecule is Oc1c(-c2cccc3ccccc23)cc2ccccc2c1-c1c(O)c(-c2cccc3ccccc23)cc2ccccc12. The molecule has 0 saturated carbocycles. The van der Waals surface area contributed by atoms with Gasteiger partial charge < -0.3 is 10.2 Å². The predicted molar refractivity (Wildman–Crippen MR) is 176 cm³/mol. The van der Waals surface area contributed by atoms with E-state index in [0.29, 0.717) is 11.1 Å². The van der Waals surface area contributed by atoms with E-state index in [0.717, 1.165) is 65.3 Å². The highest BCUT2D eigenvalue weighted by Gasteiger charge is 2.24. The summed E-state index contributed by atoms with van der Waals surface area (Å²) in [5, 5.41) is 32.6. The van der Waals surface area contributed by atoms with E-state index in [4.69, 9.17) is 0 Å². The molecular weight excluding hydrogens is 512 g/mol. The molecule has 8 aromatic rings. The number of phenolic OH excluding ortho intramolecular Hbond substituents is 2. The van der Waals surface area contributed by atoms with Crippen molar-refractivity contribution in [3.8, 4) is 44.9 Å². The fourth-order valence-electron chi connectivity index (χ4n) is 6.51. The molecule has 0 aliphatic rings. The van der Waals surface area contributed by atoms with E-state index in [2.05, 4.69) is 72.8 Å². The molecular formula is C40H26O2. The summed E-state index contributed by atoms with van der Waals surface area (Å²) < 4.78 is 0. The summed E-state index contributed by atoms with van der Waals surface area (Å²) >= 11 is 0. The molecule has 0 fully saturated rings. The average Bonchev–Trinajstić information content (AvgIpc) is 3.04. The molecule has 0 heterocycles. The molecule has 0 atom stereocenters. The minimum atomic E-state index is 0.153. The maximum Gasteiger partial charge on any atom is 0.132 e. The summed E-state index contributed by atoms with van der Waals surface area (Å²) in [6, 6.07) is 49.1. The van der Waals surface area contributed by atoms with Crippen LogP contribution < -0.4 is 0 Å². The van der Waals surface area contributed by atoms with Crippen LogP contribution >= 0.6 is 0 Å². The van der Waals surface area contributed by atoms with Gasteiger partial charge in [-0.1, -0.05) is 133 Å². The number of aromatic hydroxyl groups is 2. The molecule has 0 aromatic heterocycles. The Morgan fingerprint density at radius 3 is 1.05 bits per heavy atom. The Kier molecular flexibility index (Phi) is 5.48. The van der Waals surface area contributed by atoms with E-state index in [1.165, 1.54) is 0 Å². The van der Waals surface area contributed by atoms with Crippen LogP contribution in [0.3, 0.4) is 0 Å². The Hall–Kier alpha value is -5.60. The first kappa shape index (κ1) is 24.2. The van der Waals surface area contributed by atoms with Crippen LogP contribution in [0.5, 0.6) is 11.5 Å². The van der Waals surface area contributed by atoms with Gasteiger partial charge in [0.15, 0.2) is 0 Å². The molecule has 0 aliphatic carbocycles. The highest BCUT2D eigenvalue weighted by atomic mass is 16.3. The first-order chi connectivity index (χ1) is 20.7. The van der Waals surface area contributed by atoms with Crippen molar-refractivity contribution in [3.05, 3.63) is 146 Å². The van der Waals surface area contributed by atoms with E-state index >= 15 is 0 Å². The number of hydrogen-bond donors (Lipinski definition) is 2. The van der Waals surface area contributed by atoms with Crippen molar-refractivity contribution in [1.29, 1.82) is 0 Å². The maximum atomic E-state index is 12.3. The maximum absolute atomic E-state index is 12.3. The van der Waals surface area contributed by atoms with Crippen molar-refractivity contribution in [2.24, 2.45) is 0 Å². The Morgan fingerprint density at radius 2 is 0.619 bits per heavy atom. The van der Waals surface area contributed by atoms with Crippen molar-refractivity contribution in [1.82, 2.24) is 0 Å². The molecule has 8 rings (SSSR count). The van der Waals surface area contributed by atoms with Crippen LogP contribution in [0.1, 0.15) is 0 Å². The zero-order valence-corrected chi connectivity index (χ0v) is 22.8. The first-order valence-corrected chi connectivity index (χ1v) is 14.1. The summed E-state index contributed by atoms with van der Waals surface area (Å²) in [6.45, 7) is 0. The molecule has 2 nitrogen and oxygen atoms in total. The molecule has 0 saturated heterocycles. The van der Waals surface area contributed by atoms with Gasteiger partial charge in [-0.05, 0) is 66.3 Å². The quantitative estimate of drug-likeness (QED) is 0.235. The fourth-order valence-corrected chi connectivity index (χ4v) is 6.51. The van der Waals surface area contributed by atoms with E-state index in [1.54, 1.807) is 0 Å². The summed E-state index contributed by atoms with van der Waals surface area (Å²) in [5.74, 6) is 0.307. The Morgan fingerprint density at radius 1 is 0.286 bits per heavy atom. The lowest BCUT2D eigenvalue weighted by Gasteiger charge is -2.20. The van der Waals surface area contributed by atoms with Crippen molar-refractivity contribution in [3.63, 3.8) is 0 Å². The number of fused-ring (bicyclic) bond motifs is 4. The number of phenols is 2. The van der Waals surface area contributed by atoms with Crippen LogP contribution in [-0.2, 0) is 0 Å². The monoisotopic (exact) mass is 538 g/mol. The summed E-state index contributed by atoms with van der Waals surface area (Å²) in [5.41, 5.74) is 4.64. The lowest BCUT2D eigenvalue weighted by molar-refractivity contribution is 0.472. The van der Waals surface area contributed by atoms with Gasteiger partial charge in [0, 0.05) is 22.3 Å². The minimum Gasteiger partial charge on any atom is -0.507 e. The number of benzene rings is 8. The molecule has 2 heteroatoms. The summed E-state index contributed by atoms with van der Waals surface area (Å²) in [4.78, 5) is 0.